The molecule has 6 heteroatoms. The molecule has 3 rings (SSSR count). The van der Waals surface area contributed by atoms with E-state index in [1.807, 2.05) is 13.8 Å². The third kappa shape index (κ3) is 2.30. The van der Waals surface area contributed by atoms with Gasteiger partial charge < -0.3 is 9.88 Å². The van der Waals surface area contributed by atoms with Gasteiger partial charge in [-0.1, -0.05) is 0 Å². The molecule has 0 spiro atoms. The Morgan fingerprint density at radius 3 is 3.11 bits per heavy atom. The monoisotopic (exact) mass is 263 g/mol. The molecular formula is C12H17N5S. The van der Waals surface area contributed by atoms with Crippen molar-refractivity contribution in [2.75, 3.05) is 0 Å². The second-order valence-electron chi connectivity index (χ2n) is 4.75. The quantitative estimate of drug-likeness (QED) is 0.911. The average molecular weight is 263 g/mol. The number of aryl methyl sites for hydroxylation is 3. The summed E-state index contributed by atoms with van der Waals surface area (Å²) < 4.78 is 2.22. The number of rotatable bonds is 3. The lowest BCUT2D eigenvalue weighted by atomic mass is 10.1. The molecule has 1 aliphatic heterocycles. The van der Waals surface area contributed by atoms with E-state index < -0.39 is 0 Å². The molecule has 1 atom stereocenters. The molecule has 0 saturated heterocycles. The molecule has 2 aromatic heterocycles. The summed E-state index contributed by atoms with van der Waals surface area (Å²) in [4.78, 5) is 4.47. The molecule has 1 aliphatic rings. The van der Waals surface area contributed by atoms with E-state index in [9.17, 15) is 0 Å². The van der Waals surface area contributed by atoms with Gasteiger partial charge >= 0.3 is 0 Å². The minimum atomic E-state index is 0.495. The van der Waals surface area contributed by atoms with Crippen molar-refractivity contribution in [3.8, 4) is 0 Å². The Balaban J connectivity index is 1.61. The first-order valence-electron chi connectivity index (χ1n) is 6.25. The maximum absolute atomic E-state index is 4.47. The number of hydrogen-bond acceptors (Lipinski definition) is 5. The van der Waals surface area contributed by atoms with E-state index in [-0.39, 0.29) is 0 Å². The van der Waals surface area contributed by atoms with Crippen molar-refractivity contribution in [2.24, 2.45) is 0 Å². The summed E-state index contributed by atoms with van der Waals surface area (Å²) in [5, 5.41) is 15.2. The van der Waals surface area contributed by atoms with Gasteiger partial charge in [-0.2, -0.15) is 0 Å². The number of nitrogens with one attached hydrogen (secondary N) is 1. The van der Waals surface area contributed by atoms with Gasteiger partial charge in [0.1, 0.15) is 11.6 Å². The summed E-state index contributed by atoms with van der Waals surface area (Å²) in [5.74, 6) is 2.14. The van der Waals surface area contributed by atoms with Crippen molar-refractivity contribution in [3.05, 3.63) is 27.7 Å². The smallest absolute Gasteiger partial charge is 0.133 e. The Kier molecular flexibility index (Phi) is 3.13. The van der Waals surface area contributed by atoms with Crippen molar-refractivity contribution in [3.63, 3.8) is 0 Å². The molecule has 0 radical (unpaired) electrons. The van der Waals surface area contributed by atoms with Crippen molar-refractivity contribution in [1.29, 1.82) is 0 Å². The average Bonchev–Trinajstić information content (AvgIpc) is 2.94. The van der Waals surface area contributed by atoms with Crippen LogP contribution in [0.25, 0.3) is 0 Å². The first-order chi connectivity index (χ1) is 8.72. The molecule has 0 fully saturated rings. The molecule has 0 bridgehead atoms. The standard InChI is InChI=1S/C12H17N5S/c1-8-15-16-12-4-3-10(6-17(8)12)13-5-11-7-18-9(2)14-11/h7,10,13H,3-6H2,1-2H3/t10-/m0/s1. The number of nitrogens with zero attached hydrogens (tertiary/aromatic N) is 4. The van der Waals surface area contributed by atoms with Gasteiger partial charge in [0.15, 0.2) is 0 Å². The third-order valence-electron chi connectivity index (χ3n) is 3.37. The highest BCUT2D eigenvalue weighted by molar-refractivity contribution is 7.09. The highest BCUT2D eigenvalue weighted by Crippen LogP contribution is 2.15. The molecule has 0 saturated carbocycles. The maximum atomic E-state index is 4.47. The highest BCUT2D eigenvalue weighted by atomic mass is 32.1. The fourth-order valence-electron chi connectivity index (χ4n) is 2.37. The molecule has 0 unspecified atom stereocenters. The maximum Gasteiger partial charge on any atom is 0.133 e. The molecule has 3 heterocycles. The summed E-state index contributed by atoms with van der Waals surface area (Å²) in [6.07, 6.45) is 2.13. The fraction of sp³-hybridized carbons (Fsp3) is 0.583. The Hall–Kier alpha value is -1.27. The molecule has 18 heavy (non-hydrogen) atoms. The van der Waals surface area contributed by atoms with Crippen LogP contribution in [-0.4, -0.2) is 25.8 Å². The zero-order valence-electron chi connectivity index (χ0n) is 10.7. The van der Waals surface area contributed by atoms with E-state index in [0.29, 0.717) is 6.04 Å². The normalized spacial score (nSPS) is 18.9. The van der Waals surface area contributed by atoms with Crippen LogP contribution in [0.1, 0.15) is 28.8 Å². The van der Waals surface area contributed by atoms with Gasteiger partial charge in [0, 0.05) is 30.9 Å². The predicted octanol–water partition coefficient (Wildman–Crippen LogP) is 1.46. The molecular weight excluding hydrogens is 246 g/mol. The van der Waals surface area contributed by atoms with Crippen LogP contribution in [0.2, 0.25) is 0 Å². The van der Waals surface area contributed by atoms with E-state index in [1.54, 1.807) is 11.3 Å². The summed E-state index contributed by atoms with van der Waals surface area (Å²) in [6, 6.07) is 0.495. The molecule has 0 aromatic carbocycles. The topological polar surface area (TPSA) is 55.6 Å². The lowest BCUT2D eigenvalue weighted by Gasteiger charge is -2.24. The fourth-order valence-corrected chi connectivity index (χ4v) is 2.98. The van der Waals surface area contributed by atoms with E-state index in [1.165, 1.54) is 0 Å². The van der Waals surface area contributed by atoms with Gasteiger partial charge in [0.25, 0.3) is 0 Å². The van der Waals surface area contributed by atoms with Gasteiger partial charge in [-0.05, 0) is 20.3 Å². The van der Waals surface area contributed by atoms with Crippen LogP contribution in [0.4, 0.5) is 0 Å². The van der Waals surface area contributed by atoms with Gasteiger partial charge in [-0.15, -0.1) is 21.5 Å². The van der Waals surface area contributed by atoms with Crippen molar-refractivity contribution in [2.45, 2.75) is 45.8 Å². The van der Waals surface area contributed by atoms with E-state index in [0.717, 1.165) is 48.3 Å². The molecule has 0 amide bonds. The minimum absolute atomic E-state index is 0.495. The van der Waals surface area contributed by atoms with E-state index in [4.69, 9.17) is 0 Å². The van der Waals surface area contributed by atoms with Gasteiger partial charge in [-0.25, -0.2) is 4.98 Å². The van der Waals surface area contributed by atoms with Gasteiger partial charge in [0.05, 0.1) is 10.7 Å². The molecule has 1 N–H and O–H groups in total. The third-order valence-corrected chi connectivity index (χ3v) is 4.19. The van der Waals surface area contributed by atoms with E-state index in [2.05, 4.69) is 30.4 Å². The number of thiazole rings is 1. The lowest BCUT2D eigenvalue weighted by molar-refractivity contribution is 0.374. The second-order valence-corrected chi connectivity index (χ2v) is 5.81. The number of hydrogen-bond donors (Lipinski definition) is 1. The van der Waals surface area contributed by atoms with Crippen LogP contribution < -0.4 is 5.32 Å². The van der Waals surface area contributed by atoms with Crippen molar-refractivity contribution >= 4 is 11.3 Å². The lowest BCUT2D eigenvalue weighted by Crippen LogP contribution is -2.37. The Morgan fingerprint density at radius 2 is 2.33 bits per heavy atom. The van der Waals surface area contributed by atoms with Crippen LogP contribution in [0, 0.1) is 13.8 Å². The van der Waals surface area contributed by atoms with E-state index >= 15 is 0 Å². The Morgan fingerprint density at radius 1 is 1.44 bits per heavy atom. The summed E-state index contributed by atoms with van der Waals surface area (Å²) in [7, 11) is 0. The van der Waals surface area contributed by atoms with Crippen LogP contribution in [0.3, 0.4) is 0 Å². The summed E-state index contributed by atoms with van der Waals surface area (Å²) in [5.41, 5.74) is 1.14. The number of fused-ring (bicyclic) bond motifs is 1. The van der Waals surface area contributed by atoms with Crippen LogP contribution >= 0.6 is 11.3 Å². The molecule has 0 aliphatic carbocycles. The highest BCUT2D eigenvalue weighted by Gasteiger charge is 2.21. The summed E-state index contributed by atoms with van der Waals surface area (Å²) >= 11 is 1.71. The first-order valence-corrected chi connectivity index (χ1v) is 7.13. The van der Waals surface area contributed by atoms with Crippen molar-refractivity contribution in [1.82, 2.24) is 25.1 Å². The van der Waals surface area contributed by atoms with Crippen LogP contribution in [0.5, 0.6) is 0 Å². The first kappa shape index (κ1) is 11.8. The van der Waals surface area contributed by atoms with Crippen molar-refractivity contribution < 1.29 is 0 Å². The molecule has 5 nitrogen and oxygen atoms in total. The Labute approximate surface area is 110 Å². The van der Waals surface area contributed by atoms with Crippen LogP contribution in [-0.2, 0) is 19.5 Å². The predicted molar refractivity (Wildman–Crippen MR) is 70.6 cm³/mol. The summed E-state index contributed by atoms with van der Waals surface area (Å²) in [6.45, 7) is 5.88. The number of aromatic nitrogens is 4. The van der Waals surface area contributed by atoms with Gasteiger partial charge in [0.2, 0.25) is 0 Å². The second kappa shape index (κ2) is 4.78. The minimum Gasteiger partial charge on any atom is -0.314 e. The van der Waals surface area contributed by atoms with Gasteiger partial charge in [-0.3, -0.25) is 0 Å². The largest absolute Gasteiger partial charge is 0.314 e. The Bertz CT molecular complexity index is 544. The SMILES string of the molecule is Cc1nc(CN[C@H]2CCc3nnc(C)n3C2)cs1. The molecule has 96 valence electrons. The zero-order chi connectivity index (χ0) is 12.5. The van der Waals surface area contributed by atoms with Crippen LogP contribution in [0.15, 0.2) is 5.38 Å². The zero-order valence-corrected chi connectivity index (χ0v) is 11.5. The molecule has 2 aromatic rings.